The third-order valence-electron chi connectivity index (χ3n) is 5.17. The van der Waals surface area contributed by atoms with Crippen molar-refractivity contribution in [3.8, 4) is 0 Å². The van der Waals surface area contributed by atoms with Crippen molar-refractivity contribution in [2.24, 2.45) is 0 Å². The summed E-state index contributed by atoms with van der Waals surface area (Å²) in [4.78, 5) is 14.7. The van der Waals surface area contributed by atoms with Gasteiger partial charge in [-0.2, -0.15) is 0 Å². The van der Waals surface area contributed by atoms with Crippen LogP contribution in [0.2, 0.25) is 0 Å². The van der Waals surface area contributed by atoms with Crippen LogP contribution in [0.25, 0.3) is 0 Å². The summed E-state index contributed by atoms with van der Waals surface area (Å²) in [6.45, 7) is 7.77. The molecule has 2 amide bonds. The number of nitrogens with zero attached hydrogens (tertiary/aromatic N) is 1. The second kappa shape index (κ2) is 8.86. The molecule has 2 aromatic carbocycles. The fourth-order valence-electron chi connectivity index (χ4n) is 3.32. The molecule has 4 heteroatoms. The van der Waals surface area contributed by atoms with E-state index in [-0.39, 0.29) is 6.03 Å². The van der Waals surface area contributed by atoms with Gasteiger partial charge in [0.05, 0.1) is 0 Å². The molecule has 0 bridgehead atoms. The Balaban J connectivity index is 1.51. The van der Waals surface area contributed by atoms with Crippen LogP contribution in [0.1, 0.15) is 50.2 Å². The summed E-state index contributed by atoms with van der Waals surface area (Å²) in [5.41, 5.74) is 4.20. The largest absolute Gasteiger partial charge is 0.323 e. The lowest BCUT2D eigenvalue weighted by atomic mass is 9.99. The Bertz CT molecular complexity index is 703. The summed E-state index contributed by atoms with van der Waals surface area (Å²) in [6.07, 6.45) is 3.72. The summed E-state index contributed by atoms with van der Waals surface area (Å²) < 4.78 is 0. The lowest BCUT2D eigenvalue weighted by molar-refractivity contribution is 0.262. The zero-order chi connectivity index (χ0) is 18.4. The van der Waals surface area contributed by atoms with Crippen molar-refractivity contribution in [1.29, 1.82) is 0 Å². The predicted molar refractivity (Wildman–Crippen MR) is 109 cm³/mol. The summed E-state index contributed by atoms with van der Waals surface area (Å²) in [5.74, 6) is 0.539. The van der Waals surface area contributed by atoms with Gasteiger partial charge in [-0.1, -0.05) is 38.1 Å². The zero-order valence-corrected chi connectivity index (χ0v) is 15.8. The number of benzene rings is 2. The highest BCUT2D eigenvalue weighted by molar-refractivity contribution is 5.99. The van der Waals surface area contributed by atoms with Crippen molar-refractivity contribution >= 4 is 17.4 Å². The second-order valence-electron chi connectivity index (χ2n) is 7.19. The van der Waals surface area contributed by atoms with Gasteiger partial charge in [0.2, 0.25) is 0 Å². The van der Waals surface area contributed by atoms with Gasteiger partial charge in [0.25, 0.3) is 0 Å². The van der Waals surface area contributed by atoms with Gasteiger partial charge in [-0.05, 0) is 73.7 Å². The molecule has 1 aliphatic heterocycles. The molecule has 0 aromatic heterocycles. The fraction of sp³-hybridized carbons (Fsp3) is 0.409. The molecule has 1 unspecified atom stereocenters. The van der Waals surface area contributed by atoms with Crippen LogP contribution < -0.4 is 10.6 Å². The Morgan fingerprint density at radius 1 is 0.962 bits per heavy atom. The van der Waals surface area contributed by atoms with Crippen LogP contribution in [0.3, 0.4) is 0 Å². The van der Waals surface area contributed by atoms with Crippen LogP contribution in [0.5, 0.6) is 0 Å². The van der Waals surface area contributed by atoms with E-state index in [0.717, 1.165) is 24.3 Å². The first kappa shape index (κ1) is 18.5. The van der Waals surface area contributed by atoms with E-state index >= 15 is 0 Å². The van der Waals surface area contributed by atoms with Crippen LogP contribution >= 0.6 is 0 Å². The van der Waals surface area contributed by atoms with Gasteiger partial charge in [0.15, 0.2) is 0 Å². The first-order valence-electron chi connectivity index (χ1n) is 9.63. The zero-order valence-electron chi connectivity index (χ0n) is 15.8. The molecule has 0 spiro atoms. The number of urea groups is 1. The third-order valence-corrected chi connectivity index (χ3v) is 5.17. The van der Waals surface area contributed by atoms with Crippen LogP contribution in [0.15, 0.2) is 48.5 Å². The molecule has 26 heavy (non-hydrogen) atoms. The Morgan fingerprint density at radius 3 is 2.04 bits per heavy atom. The number of rotatable bonds is 6. The monoisotopic (exact) mass is 351 g/mol. The molecule has 2 N–H and O–H groups in total. The number of likely N-dealkylation sites (tertiary alicyclic amines) is 1. The van der Waals surface area contributed by atoms with Crippen LogP contribution in [-0.4, -0.2) is 24.0 Å². The third kappa shape index (κ3) is 5.09. The van der Waals surface area contributed by atoms with Crippen molar-refractivity contribution in [2.75, 3.05) is 23.7 Å². The van der Waals surface area contributed by atoms with E-state index in [4.69, 9.17) is 0 Å². The lowest BCUT2D eigenvalue weighted by Gasteiger charge is -2.15. The van der Waals surface area contributed by atoms with E-state index in [1.807, 2.05) is 24.3 Å². The molecule has 3 rings (SSSR count). The molecule has 138 valence electrons. The van der Waals surface area contributed by atoms with E-state index in [2.05, 4.69) is 53.6 Å². The minimum absolute atomic E-state index is 0.214. The maximum atomic E-state index is 12.2. The Labute approximate surface area is 156 Å². The Morgan fingerprint density at radius 2 is 1.50 bits per heavy atom. The number of carbonyl (C=O) groups is 1. The molecule has 1 heterocycles. The molecule has 1 fully saturated rings. The summed E-state index contributed by atoms with van der Waals surface area (Å²) >= 11 is 0. The Hall–Kier alpha value is -2.33. The van der Waals surface area contributed by atoms with Crippen molar-refractivity contribution in [2.45, 2.75) is 45.6 Å². The second-order valence-corrected chi connectivity index (χ2v) is 7.19. The molecule has 0 radical (unpaired) electrons. The molecule has 1 saturated heterocycles. The number of nitrogens with one attached hydrogen (secondary N) is 2. The van der Waals surface area contributed by atoms with Gasteiger partial charge in [-0.15, -0.1) is 0 Å². The highest BCUT2D eigenvalue weighted by atomic mass is 16.2. The highest BCUT2D eigenvalue weighted by Gasteiger charge is 2.11. The van der Waals surface area contributed by atoms with Gasteiger partial charge in [-0.25, -0.2) is 4.79 Å². The van der Waals surface area contributed by atoms with Crippen molar-refractivity contribution in [1.82, 2.24) is 4.90 Å². The molecular formula is C22H29N3O. The van der Waals surface area contributed by atoms with Gasteiger partial charge in [0.1, 0.15) is 0 Å². The molecule has 0 aliphatic carbocycles. The predicted octanol–water partition coefficient (Wildman–Crippen LogP) is 5.44. The molecule has 0 saturated carbocycles. The van der Waals surface area contributed by atoms with E-state index in [9.17, 15) is 4.79 Å². The van der Waals surface area contributed by atoms with Crippen molar-refractivity contribution in [3.63, 3.8) is 0 Å². The number of carbonyl (C=O) groups excluding carboxylic acids is 1. The van der Waals surface area contributed by atoms with Gasteiger partial charge < -0.3 is 10.6 Å². The number of amides is 2. The number of hydrogen-bond donors (Lipinski definition) is 2. The summed E-state index contributed by atoms with van der Waals surface area (Å²) in [6, 6.07) is 16.0. The lowest BCUT2D eigenvalue weighted by Crippen LogP contribution is -2.20. The standard InChI is InChI=1S/C22H29N3O/c1-3-17(2)19-8-12-21(13-9-19)24-22(26)23-20-10-6-18(7-11-20)16-25-14-4-5-15-25/h6-13,17H,3-5,14-16H2,1-2H3,(H2,23,24,26). The van der Waals surface area contributed by atoms with Crippen molar-refractivity contribution < 1.29 is 4.79 Å². The van der Waals surface area contributed by atoms with Gasteiger partial charge in [-0.3, -0.25) is 4.90 Å². The molecular weight excluding hydrogens is 322 g/mol. The minimum Gasteiger partial charge on any atom is -0.308 e. The highest BCUT2D eigenvalue weighted by Crippen LogP contribution is 2.21. The topological polar surface area (TPSA) is 44.4 Å². The normalized spacial score (nSPS) is 15.6. The first-order valence-corrected chi connectivity index (χ1v) is 9.63. The fourth-order valence-corrected chi connectivity index (χ4v) is 3.32. The molecule has 1 aliphatic rings. The van der Waals surface area contributed by atoms with Crippen LogP contribution in [0, 0.1) is 0 Å². The quantitative estimate of drug-likeness (QED) is 0.728. The SMILES string of the molecule is CCC(C)c1ccc(NC(=O)Nc2ccc(CN3CCCC3)cc2)cc1. The maximum Gasteiger partial charge on any atom is 0.323 e. The smallest absolute Gasteiger partial charge is 0.308 e. The molecule has 1 atom stereocenters. The van der Waals surface area contributed by atoms with Gasteiger partial charge in [0, 0.05) is 17.9 Å². The first-order chi connectivity index (χ1) is 12.6. The van der Waals surface area contributed by atoms with E-state index in [1.165, 1.54) is 37.1 Å². The number of hydrogen-bond acceptors (Lipinski definition) is 2. The van der Waals surface area contributed by atoms with E-state index < -0.39 is 0 Å². The summed E-state index contributed by atoms with van der Waals surface area (Å²) in [7, 11) is 0. The minimum atomic E-state index is -0.214. The van der Waals surface area contributed by atoms with E-state index in [0.29, 0.717) is 5.92 Å². The van der Waals surface area contributed by atoms with Crippen molar-refractivity contribution in [3.05, 3.63) is 59.7 Å². The van der Waals surface area contributed by atoms with Gasteiger partial charge >= 0.3 is 6.03 Å². The molecule has 4 nitrogen and oxygen atoms in total. The number of anilines is 2. The Kier molecular flexibility index (Phi) is 6.29. The molecule has 2 aromatic rings. The maximum absolute atomic E-state index is 12.2. The average Bonchev–Trinajstić information content (AvgIpc) is 3.16. The summed E-state index contributed by atoms with van der Waals surface area (Å²) in [5, 5.41) is 5.79. The average molecular weight is 351 g/mol. The van der Waals surface area contributed by atoms with Crippen LogP contribution in [-0.2, 0) is 6.54 Å². The van der Waals surface area contributed by atoms with Crippen LogP contribution in [0.4, 0.5) is 16.2 Å². The van der Waals surface area contributed by atoms with E-state index in [1.54, 1.807) is 0 Å².